The Morgan fingerprint density at radius 2 is 0.932 bits per heavy atom. The maximum Gasteiger partial charge on any atom is 0.309 e. The van der Waals surface area contributed by atoms with Crippen LogP contribution in [0.15, 0.2) is 177 Å². The first-order chi connectivity index (χ1) is 55.6. The Labute approximate surface area is 668 Å². The number of fused-ring (bicyclic) bond motifs is 1. The van der Waals surface area contributed by atoms with Crippen molar-refractivity contribution in [1.82, 2.24) is 73.6 Å². The summed E-state index contributed by atoms with van der Waals surface area (Å²) in [5.74, 6) is -1.45. The molecule has 13 rings (SSSR count). The van der Waals surface area contributed by atoms with Gasteiger partial charge in [-0.2, -0.15) is 14.5 Å². The molecule has 1 amide bonds. The molecular formula is C78H77F9N22O7Si2. The maximum absolute atomic E-state index is 14.2. The number of aromatic nitrogens is 14. The molecule has 0 bridgehead atoms. The molecule has 13 aromatic rings. The van der Waals surface area contributed by atoms with E-state index in [2.05, 4.69) is 110 Å². The lowest BCUT2D eigenvalue weighted by molar-refractivity contribution is -0.136. The number of aliphatic carboxylic acids is 1. The number of hydrogen-bond donors (Lipinski definition) is 8. The second-order valence-corrected chi connectivity index (χ2v) is 36.7. The number of anilines is 5. The molecule has 0 radical (unpaired) electrons. The van der Waals surface area contributed by atoms with Crippen molar-refractivity contribution >= 4 is 69.5 Å². The van der Waals surface area contributed by atoms with Crippen molar-refractivity contribution in [3.05, 3.63) is 270 Å². The molecule has 29 nitrogen and oxygen atoms in total. The van der Waals surface area contributed by atoms with Gasteiger partial charge < -0.3 is 45.9 Å². The van der Waals surface area contributed by atoms with Crippen molar-refractivity contribution < 1.29 is 58.6 Å². The molecule has 0 unspecified atom stereocenters. The van der Waals surface area contributed by atoms with Gasteiger partial charge in [-0.25, -0.2) is 65.3 Å². The van der Waals surface area contributed by atoms with E-state index in [0.29, 0.717) is 96.4 Å². The zero-order chi connectivity index (χ0) is 86.4. The molecule has 118 heavy (non-hydrogen) atoms. The molecule has 0 aliphatic rings. The van der Waals surface area contributed by atoms with Crippen LogP contribution in [-0.2, 0) is 54.4 Å². The quantitative estimate of drug-likeness (QED) is 0.0105. The molecule has 0 aliphatic carbocycles. The van der Waals surface area contributed by atoms with E-state index in [1.54, 1.807) is 70.7 Å². The highest BCUT2D eigenvalue weighted by Gasteiger charge is 2.26. The van der Waals surface area contributed by atoms with Crippen LogP contribution in [0.2, 0.25) is 39.3 Å². The molecule has 3 aromatic carbocycles. The molecule has 0 fully saturated rings. The first kappa shape index (κ1) is 87.8. The Bertz CT molecular complexity index is 6110. The molecule has 40 heteroatoms. The molecule has 0 atom stereocenters. The van der Waals surface area contributed by atoms with Crippen molar-refractivity contribution in [1.29, 1.82) is 0 Å². The molecule has 0 aliphatic heterocycles. The Hall–Kier alpha value is -14.2. The van der Waals surface area contributed by atoms with Crippen LogP contribution < -0.4 is 56.0 Å². The third-order valence-electron chi connectivity index (χ3n) is 16.4. The normalized spacial score (nSPS) is 11.2. The summed E-state index contributed by atoms with van der Waals surface area (Å²) < 4.78 is 135. The summed E-state index contributed by atoms with van der Waals surface area (Å²) in [6.07, 6.45) is 4.53. The number of amides is 1. The molecular weight excluding hydrogens is 1580 g/mol. The monoisotopic (exact) mass is 1660 g/mol. The van der Waals surface area contributed by atoms with E-state index in [4.69, 9.17) is 32.6 Å². The van der Waals surface area contributed by atoms with E-state index < -0.39 is 87.8 Å². The molecule has 0 saturated carbocycles. The third-order valence-corrected chi connectivity index (χ3v) is 18.3. The second-order valence-electron chi connectivity index (χ2n) is 27.8. The van der Waals surface area contributed by atoms with Crippen molar-refractivity contribution in [2.75, 3.05) is 28.1 Å². The van der Waals surface area contributed by atoms with E-state index in [1.807, 2.05) is 6.92 Å². The summed E-state index contributed by atoms with van der Waals surface area (Å²) in [7, 11) is 2.07. The van der Waals surface area contributed by atoms with Gasteiger partial charge in [0.25, 0.3) is 0 Å². The van der Waals surface area contributed by atoms with E-state index in [9.17, 15) is 63.5 Å². The number of pyridine rings is 6. The van der Waals surface area contributed by atoms with Crippen LogP contribution in [0.1, 0.15) is 35.5 Å². The highest BCUT2D eigenvalue weighted by atomic mass is 28.4. The summed E-state index contributed by atoms with van der Waals surface area (Å²) >= 11 is 0. The zero-order valence-electron chi connectivity index (χ0n) is 64.9. The van der Waals surface area contributed by atoms with Crippen LogP contribution in [0.25, 0.3) is 72.8 Å². The van der Waals surface area contributed by atoms with Crippen LogP contribution in [0.5, 0.6) is 0 Å². The average molecular weight is 1660 g/mol. The largest absolute Gasteiger partial charge is 0.535 e. The van der Waals surface area contributed by atoms with E-state index in [0.717, 1.165) is 30.6 Å². The van der Waals surface area contributed by atoms with Crippen molar-refractivity contribution in [2.45, 2.75) is 72.4 Å². The number of carboxylic acid groups (broad SMARTS) is 1. The smallest absolute Gasteiger partial charge is 0.309 e. The van der Waals surface area contributed by atoms with Gasteiger partial charge in [0, 0.05) is 116 Å². The Balaban J connectivity index is 0.000000179. The van der Waals surface area contributed by atoms with Gasteiger partial charge in [-0.1, -0.05) is 0 Å². The fourth-order valence-electron chi connectivity index (χ4n) is 11.2. The van der Waals surface area contributed by atoms with Crippen molar-refractivity contribution in [3.63, 3.8) is 0 Å². The summed E-state index contributed by atoms with van der Waals surface area (Å²) in [6, 6.07) is 28.0. The molecule has 0 saturated heterocycles. The van der Waals surface area contributed by atoms with Gasteiger partial charge in [0.05, 0.1) is 88.7 Å². The Kier molecular flexibility index (Phi) is 28.2. The highest BCUT2D eigenvalue weighted by molar-refractivity contribution is 6.76. The predicted octanol–water partition coefficient (Wildman–Crippen LogP) is 11.6. The number of nitrogens with one attached hydrogen (secondary N) is 3. The van der Waals surface area contributed by atoms with Gasteiger partial charge in [0.1, 0.15) is 52.4 Å². The number of hydrazine groups is 2. The number of benzene rings is 3. The van der Waals surface area contributed by atoms with Crippen LogP contribution in [0.4, 0.5) is 69.0 Å². The highest BCUT2D eigenvalue weighted by Crippen LogP contribution is 2.39. The van der Waals surface area contributed by atoms with Gasteiger partial charge in [0.2, 0.25) is 48.7 Å². The molecule has 10 aromatic heterocycles. The minimum atomic E-state index is -1.43. The number of hydrogen-bond acceptors (Lipinski definition) is 23. The maximum atomic E-state index is 14.2. The first-order valence-corrected chi connectivity index (χ1v) is 42.1. The molecule has 12 N–H and O–H groups in total. The topological polar surface area (TPSA) is 415 Å². The first-order valence-electron chi connectivity index (χ1n) is 35.2. The number of nitrogens with two attached hydrogens (primary N) is 4. The van der Waals surface area contributed by atoms with Crippen LogP contribution in [0, 0.1) is 59.3 Å². The lowest BCUT2D eigenvalue weighted by Crippen LogP contribution is -2.32. The fourth-order valence-corrected chi connectivity index (χ4v) is 13.2. The van der Waals surface area contributed by atoms with E-state index >= 15 is 0 Å². The Morgan fingerprint density at radius 1 is 0.517 bits per heavy atom. The van der Waals surface area contributed by atoms with E-state index in [-0.39, 0.29) is 75.5 Å². The van der Waals surface area contributed by atoms with E-state index in [1.165, 1.54) is 97.2 Å². The van der Waals surface area contributed by atoms with Gasteiger partial charge in [0.15, 0.2) is 37.2 Å². The van der Waals surface area contributed by atoms with Crippen LogP contribution in [0.3, 0.4) is 0 Å². The number of carbonyl (C=O) groups excluding carboxylic acids is 1. The number of carboxylic acids is 1. The number of carbonyl (C=O) groups is 2. The summed E-state index contributed by atoms with van der Waals surface area (Å²) in [5, 5.41) is 12.6. The fraction of sp³-hybridized carbons (Fsp3) is 0.179. The standard InChI is InChI=1S/C24H18F3N7O.C23H18F3N7O2.C16H15FN6O.C8H21NOSi2.C7H5F2NO2/c1-12-16(7-8-20(35)33(12)2)21-22(13-3-5-14(25)6-4-13)31-24(28)34-23(21)30-19(32-34)10-18-17(27)9-15(26)11-29-18;1-33-11-13(4-7-19(33)35)20-21(12-2-5-14(24)6-3-12)29-23(27)30-22(20)32-31-18(34)9-17-16(26)8-15(25)10-28-17;1-23-8-10(4-7-12(23)24)13-14(9-2-5-11(17)6-3-9)20-16(18)21-15(13)22-19;1-8(9-11(2,3)4)10-12(5,6)7;8-4-1-5(9)6(10-3-4)2-7(11)12/h3-9,11H,10H2,1-2H3,(H2,28,31);2-8,10-11H,9H2,1H3,(H,31,34)(H3,27,29,30,32);2-8H,19H2,1H3,(H3,18,20,21,22);1-7H3;1,3H,2H2,(H,11,12). The van der Waals surface area contributed by atoms with Crippen molar-refractivity contribution in [2.24, 2.45) is 31.6 Å². The van der Waals surface area contributed by atoms with Gasteiger partial charge in [-0.3, -0.25) is 54.4 Å². The number of nitrogen functional groups attached to an aromatic ring is 4. The SMILES string of the molecule is CC(=N[Si](C)(C)C)O[Si](C)(C)C.Cc1c(-c2c(-c3ccc(F)cc3)nc(N)n3nc(Cc4ncc(F)cc4F)nc23)ccc(=O)n1C.Cn1cc(-c2c(NN)nc(N)nc2-c2ccc(F)cc2)ccc1=O.Cn1cc(-c2c(NNC(=O)Cc3ncc(F)cc3F)nc(N)nc2-c2ccc(F)cc2)ccc1=O.O=C(O)Cc1ncc(F)cc1F. The van der Waals surface area contributed by atoms with Crippen LogP contribution in [-0.4, -0.2) is 108 Å². The van der Waals surface area contributed by atoms with Gasteiger partial charge in [-0.15, -0.1) is 5.10 Å². The molecule has 0 spiro atoms. The number of rotatable bonds is 17. The van der Waals surface area contributed by atoms with Gasteiger partial charge in [-0.05, 0) is 137 Å². The summed E-state index contributed by atoms with van der Waals surface area (Å²) in [4.78, 5) is 94.8. The zero-order valence-corrected chi connectivity index (χ0v) is 66.9. The minimum Gasteiger partial charge on any atom is -0.535 e. The van der Waals surface area contributed by atoms with Gasteiger partial charge >= 0.3 is 5.97 Å². The van der Waals surface area contributed by atoms with Crippen molar-refractivity contribution in [3.8, 4) is 67.2 Å². The molecule has 612 valence electrons. The Morgan fingerprint density at radius 3 is 1.36 bits per heavy atom. The molecule has 10 heterocycles. The summed E-state index contributed by atoms with van der Waals surface area (Å²) in [5.41, 5.74) is 31.3. The third kappa shape index (κ3) is 23.3. The predicted molar refractivity (Wildman–Crippen MR) is 432 cm³/mol. The summed E-state index contributed by atoms with van der Waals surface area (Å²) in [6.45, 7) is 16.9. The number of aryl methyl sites for hydroxylation is 2. The second kappa shape index (κ2) is 37.9. The number of halogens is 9. The van der Waals surface area contributed by atoms with Crippen LogP contribution >= 0.6 is 0 Å². The minimum absolute atomic E-state index is 0.00293. The lowest BCUT2D eigenvalue weighted by atomic mass is 9.99. The number of nitrogens with zero attached hydrogens (tertiary/aromatic N) is 15. The lowest BCUT2D eigenvalue weighted by Gasteiger charge is -2.21. The average Bonchev–Trinajstić information content (AvgIpc) is 1.51.